The molecule has 0 spiro atoms. The Morgan fingerprint density at radius 2 is 2.13 bits per heavy atom. The molecule has 1 N–H and O–H groups in total. The van der Waals surface area contributed by atoms with Crippen LogP contribution in [0.2, 0.25) is 0 Å². The summed E-state index contributed by atoms with van der Waals surface area (Å²) in [5, 5.41) is 8.71. The van der Waals surface area contributed by atoms with E-state index in [-0.39, 0.29) is 30.0 Å². The minimum absolute atomic E-state index is 0.0303. The zero-order valence-electron chi connectivity index (χ0n) is 9.01. The zero-order valence-corrected chi connectivity index (χ0v) is 9.83. The molecule has 1 saturated heterocycles. The summed E-state index contributed by atoms with van der Waals surface area (Å²) in [6, 6.07) is -0.189. The van der Waals surface area contributed by atoms with Gasteiger partial charge in [-0.25, -0.2) is 8.42 Å². The Hall–Kier alpha value is -0.620. The van der Waals surface area contributed by atoms with Crippen LogP contribution in [0.25, 0.3) is 0 Å². The first-order chi connectivity index (χ1) is 6.82. The van der Waals surface area contributed by atoms with Crippen molar-refractivity contribution in [1.82, 2.24) is 4.90 Å². The topological polar surface area (TPSA) is 74.7 Å². The second-order valence-electron chi connectivity index (χ2n) is 4.20. The Bertz CT molecular complexity index is 336. The van der Waals surface area contributed by atoms with Crippen LogP contribution in [-0.4, -0.2) is 54.5 Å². The lowest BCUT2D eigenvalue weighted by atomic mass is 10.1. The van der Waals surface area contributed by atoms with Crippen LogP contribution in [0, 0.1) is 0 Å². The number of sulfone groups is 1. The van der Waals surface area contributed by atoms with E-state index in [1.54, 1.807) is 0 Å². The fourth-order valence-corrected chi connectivity index (χ4v) is 3.51. The summed E-state index contributed by atoms with van der Waals surface area (Å²) < 4.78 is 22.8. The molecule has 0 aromatic heterocycles. The maximum atomic E-state index is 11.4. The lowest BCUT2D eigenvalue weighted by Gasteiger charge is -2.37. The van der Waals surface area contributed by atoms with Gasteiger partial charge in [0, 0.05) is 18.6 Å². The van der Waals surface area contributed by atoms with Crippen LogP contribution in [-0.2, 0) is 14.6 Å². The molecule has 1 rings (SSSR count). The van der Waals surface area contributed by atoms with Crippen molar-refractivity contribution >= 4 is 15.8 Å². The Labute approximate surface area is 90.0 Å². The van der Waals surface area contributed by atoms with Gasteiger partial charge in [-0.3, -0.25) is 9.69 Å². The third kappa shape index (κ3) is 3.46. The Balaban J connectivity index is 2.78. The highest BCUT2D eigenvalue weighted by molar-refractivity contribution is 7.91. The second kappa shape index (κ2) is 4.49. The molecule has 1 heterocycles. The first-order valence-electron chi connectivity index (χ1n) is 5.00. The predicted molar refractivity (Wildman–Crippen MR) is 56.5 cm³/mol. The first kappa shape index (κ1) is 12.4. The van der Waals surface area contributed by atoms with Crippen molar-refractivity contribution in [2.24, 2.45) is 0 Å². The van der Waals surface area contributed by atoms with Crippen LogP contribution in [0.15, 0.2) is 0 Å². The average Bonchev–Trinajstić information content (AvgIpc) is 1.99. The summed E-state index contributed by atoms with van der Waals surface area (Å²) >= 11 is 0. The number of carbonyl (C=O) groups is 1. The maximum Gasteiger partial charge on any atom is 0.304 e. The molecule has 88 valence electrons. The lowest BCUT2D eigenvalue weighted by Crippen LogP contribution is -2.52. The molecule has 0 bridgehead atoms. The van der Waals surface area contributed by atoms with Gasteiger partial charge >= 0.3 is 5.97 Å². The molecule has 1 aliphatic rings. The van der Waals surface area contributed by atoms with Crippen molar-refractivity contribution < 1.29 is 18.3 Å². The lowest BCUT2D eigenvalue weighted by molar-refractivity contribution is -0.138. The number of nitrogens with zero attached hydrogens (tertiary/aromatic N) is 1. The predicted octanol–water partition coefficient (Wildman–Crippen LogP) is -0.0315. The molecule has 1 atom stereocenters. The molecule has 1 aliphatic heterocycles. The van der Waals surface area contributed by atoms with Crippen LogP contribution in [0.4, 0.5) is 0 Å². The zero-order chi connectivity index (χ0) is 11.6. The fraction of sp³-hybridized carbons (Fsp3) is 0.889. The summed E-state index contributed by atoms with van der Waals surface area (Å²) in [7, 11) is -3.05. The summed E-state index contributed by atoms with van der Waals surface area (Å²) in [6.45, 7) is 4.34. The van der Waals surface area contributed by atoms with Gasteiger partial charge in [0.25, 0.3) is 0 Å². The van der Waals surface area contributed by atoms with E-state index in [1.165, 1.54) is 0 Å². The number of aliphatic carboxylic acids is 1. The van der Waals surface area contributed by atoms with Crippen molar-refractivity contribution in [1.29, 1.82) is 0 Å². The molecule has 1 unspecified atom stereocenters. The van der Waals surface area contributed by atoms with Crippen molar-refractivity contribution in [3.8, 4) is 0 Å². The molecule has 0 saturated carbocycles. The molecule has 0 aliphatic carbocycles. The van der Waals surface area contributed by atoms with Crippen LogP contribution in [0.1, 0.15) is 20.3 Å². The van der Waals surface area contributed by atoms with Gasteiger partial charge in [-0.1, -0.05) is 0 Å². The Morgan fingerprint density at radius 1 is 1.53 bits per heavy atom. The fourth-order valence-electron chi connectivity index (χ4n) is 1.96. The summed E-state index contributed by atoms with van der Waals surface area (Å²) in [5.74, 6) is -0.832. The van der Waals surface area contributed by atoms with E-state index in [0.717, 1.165) is 0 Å². The monoisotopic (exact) mass is 235 g/mol. The largest absolute Gasteiger partial charge is 0.481 e. The quantitative estimate of drug-likeness (QED) is 0.743. The van der Waals surface area contributed by atoms with Gasteiger partial charge < -0.3 is 5.11 Å². The van der Waals surface area contributed by atoms with Crippen LogP contribution < -0.4 is 0 Å². The number of hydrogen-bond acceptors (Lipinski definition) is 4. The Morgan fingerprint density at radius 3 is 2.60 bits per heavy atom. The number of carboxylic acid groups (broad SMARTS) is 1. The normalized spacial score (nSPS) is 26.7. The van der Waals surface area contributed by atoms with Gasteiger partial charge in [-0.2, -0.15) is 0 Å². The molecule has 15 heavy (non-hydrogen) atoms. The van der Waals surface area contributed by atoms with Crippen LogP contribution in [0.3, 0.4) is 0 Å². The average molecular weight is 235 g/mol. The second-order valence-corrected chi connectivity index (χ2v) is 6.43. The molecular weight excluding hydrogens is 218 g/mol. The smallest absolute Gasteiger partial charge is 0.304 e. The van der Waals surface area contributed by atoms with E-state index in [9.17, 15) is 13.2 Å². The van der Waals surface area contributed by atoms with Crippen molar-refractivity contribution in [3.05, 3.63) is 0 Å². The van der Waals surface area contributed by atoms with Gasteiger partial charge in [0.1, 0.15) is 0 Å². The first-order valence-corrected chi connectivity index (χ1v) is 6.82. The van der Waals surface area contributed by atoms with E-state index in [1.807, 2.05) is 18.7 Å². The minimum atomic E-state index is -3.05. The molecule has 0 aromatic carbocycles. The number of carboxylic acids is 1. The molecule has 6 heteroatoms. The summed E-state index contributed by atoms with van der Waals surface area (Å²) in [4.78, 5) is 12.6. The molecule has 0 aromatic rings. The third-order valence-electron chi connectivity index (χ3n) is 2.65. The molecule has 0 radical (unpaired) electrons. The van der Waals surface area contributed by atoms with E-state index in [0.29, 0.717) is 6.54 Å². The molecular formula is C9H17NO4S. The third-order valence-corrected chi connectivity index (χ3v) is 4.35. The van der Waals surface area contributed by atoms with Gasteiger partial charge in [-0.15, -0.1) is 0 Å². The van der Waals surface area contributed by atoms with E-state index in [4.69, 9.17) is 5.11 Å². The Kier molecular flexibility index (Phi) is 3.72. The highest BCUT2D eigenvalue weighted by Crippen LogP contribution is 2.17. The van der Waals surface area contributed by atoms with Crippen LogP contribution >= 0.6 is 0 Å². The van der Waals surface area contributed by atoms with E-state index < -0.39 is 15.8 Å². The maximum absolute atomic E-state index is 11.4. The number of hydrogen-bond donors (Lipinski definition) is 1. The van der Waals surface area contributed by atoms with Crippen molar-refractivity contribution in [2.75, 3.05) is 18.1 Å². The molecule has 1 fully saturated rings. The summed E-state index contributed by atoms with van der Waals surface area (Å²) in [6.07, 6.45) is -0.0998. The standard InChI is InChI=1S/C9H17NO4S/c1-7(2)10-3-4-15(13,14)6-8(10)5-9(11)12/h7-8H,3-6H2,1-2H3,(H,11,12). The van der Waals surface area contributed by atoms with Gasteiger partial charge in [0.15, 0.2) is 9.84 Å². The SMILES string of the molecule is CC(C)N1CCS(=O)(=O)CC1CC(=O)O. The van der Waals surface area contributed by atoms with E-state index >= 15 is 0 Å². The van der Waals surface area contributed by atoms with Crippen molar-refractivity contribution in [3.63, 3.8) is 0 Å². The highest BCUT2D eigenvalue weighted by atomic mass is 32.2. The number of rotatable bonds is 3. The summed E-state index contributed by atoms with van der Waals surface area (Å²) in [5.41, 5.74) is 0. The highest BCUT2D eigenvalue weighted by Gasteiger charge is 2.33. The van der Waals surface area contributed by atoms with E-state index in [2.05, 4.69) is 0 Å². The van der Waals surface area contributed by atoms with Crippen molar-refractivity contribution in [2.45, 2.75) is 32.4 Å². The van der Waals surface area contributed by atoms with Gasteiger partial charge in [-0.05, 0) is 13.8 Å². The van der Waals surface area contributed by atoms with Gasteiger partial charge in [0.2, 0.25) is 0 Å². The molecule has 5 nitrogen and oxygen atoms in total. The minimum Gasteiger partial charge on any atom is -0.481 e. The molecule has 0 amide bonds. The van der Waals surface area contributed by atoms with Gasteiger partial charge in [0.05, 0.1) is 17.9 Å². The van der Waals surface area contributed by atoms with Crippen LogP contribution in [0.5, 0.6) is 0 Å².